The molecule has 9 nitrogen and oxygen atoms in total. The summed E-state index contributed by atoms with van der Waals surface area (Å²) in [7, 11) is 1.63. The third-order valence-electron chi connectivity index (χ3n) is 4.60. The van der Waals surface area contributed by atoms with Gasteiger partial charge in [0, 0.05) is 35.9 Å². The van der Waals surface area contributed by atoms with Gasteiger partial charge in [-0.3, -0.25) is 14.5 Å². The van der Waals surface area contributed by atoms with Crippen molar-refractivity contribution in [3.63, 3.8) is 0 Å². The van der Waals surface area contributed by atoms with Gasteiger partial charge in [-0.1, -0.05) is 12.1 Å². The summed E-state index contributed by atoms with van der Waals surface area (Å²) in [5.74, 6) is -1.12. The molecule has 0 fully saturated rings. The van der Waals surface area contributed by atoms with E-state index in [0.29, 0.717) is 16.6 Å². The average molecular weight is 436 g/mol. The van der Waals surface area contributed by atoms with Crippen molar-refractivity contribution in [2.24, 2.45) is 0 Å². The summed E-state index contributed by atoms with van der Waals surface area (Å²) in [6.45, 7) is 3.32. The van der Waals surface area contributed by atoms with E-state index in [0.717, 1.165) is 0 Å². The van der Waals surface area contributed by atoms with Crippen molar-refractivity contribution < 1.29 is 19.1 Å². The average Bonchev–Trinajstić information content (AvgIpc) is 2.77. The third kappa shape index (κ3) is 5.31. The summed E-state index contributed by atoms with van der Waals surface area (Å²) >= 11 is 0. The minimum atomic E-state index is -0.700. The highest BCUT2D eigenvalue weighted by Gasteiger charge is 2.15. The number of aromatic amines is 1. The SMILES string of the molecule is CC(C)NC(=O)N(C)c1ccc(OC(=O)CNC(=O)c2c[nH]c3ccccc3c2=O)cc1. The number of carbonyl (C=O) groups is 3. The maximum atomic E-state index is 12.5. The van der Waals surface area contributed by atoms with Gasteiger partial charge in [0.2, 0.25) is 5.43 Å². The van der Waals surface area contributed by atoms with Crippen LogP contribution in [-0.2, 0) is 4.79 Å². The Kier molecular flexibility index (Phi) is 6.89. The zero-order valence-electron chi connectivity index (χ0n) is 18.0. The Balaban J connectivity index is 1.57. The van der Waals surface area contributed by atoms with Gasteiger partial charge in [0.1, 0.15) is 17.9 Å². The lowest BCUT2D eigenvalue weighted by molar-refractivity contribution is -0.133. The number of para-hydroxylation sites is 1. The second-order valence-corrected chi connectivity index (χ2v) is 7.39. The first-order valence-corrected chi connectivity index (χ1v) is 10.00. The van der Waals surface area contributed by atoms with Crippen LogP contribution in [0.3, 0.4) is 0 Å². The van der Waals surface area contributed by atoms with Crippen LogP contribution in [0.5, 0.6) is 5.75 Å². The van der Waals surface area contributed by atoms with E-state index in [1.807, 2.05) is 13.8 Å². The number of benzene rings is 2. The Morgan fingerprint density at radius 2 is 1.75 bits per heavy atom. The van der Waals surface area contributed by atoms with E-state index in [-0.39, 0.29) is 23.4 Å². The molecule has 0 saturated heterocycles. The largest absolute Gasteiger partial charge is 0.425 e. The fourth-order valence-electron chi connectivity index (χ4n) is 2.95. The zero-order valence-corrected chi connectivity index (χ0v) is 18.0. The van der Waals surface area contributed by atoms with E-state index >= 15 is 0 Å². The number of nitrogens with one attached hydrogen (secondary N) is 3. The minimum absolute atomic E-state index is 0.00517. The molecule has 0 atom stereocenters. The highest BCUT2D eigenvalue weighted by atomic mass is 16.5. The number of esters is 1. The molecule has 3 N–H and O–H groups in total. The second-order valence-electron chi connectivity index (χ2n) is 7.39. The maximum absolute atomic E-state index is 12.5. The maximum Gasteiger partial charge on any atom is 0.330 e. The van der Waals surface area contributed by atoms with Crippen LogP contribution >= 0.6 is 0 Å². The summed E-state index contributed by atoms with van der Waals surface area (Å²) in [6.07, 6.45) is 1.32. The van der Waals surface area contributed by atoms with Crippen LogP contribution in [-0.4, -0.2) is 42.5 Å². The second kappa shape index (κ2) is 9.78. The van der Waals surface area contributed by atoms with Gasteiger partial charge < -0.3 is 20.4 Å². The van der Waals surface area contributed by atoms with Crippen LogP contribution in [0.15, 0.2) is 59.5 Å². The first kappa shape index (κ1) is 22.5. The van der Waals surface area contributed by atoms with Gasteiger partial charge in [0.15, 0.2) is 0 Å². The molecule has 1 heterocycles. The predicted octanol–water partition coefficient (Wildman–Crippen LogP) is 2.42. The third-order valence-corrected chi connectivity index (χ3v) is 4.60. The predicted molar refractivity (Wildman–Crippen MR) is 121 cm³/mol. The number of amides is 3. The highest BCUT2D eigenvalue weighted by Crippen LogP contribution is 2.18. The molecule has 0 radical (unpaired) electrons. The van der Waals surface area contributed by atoms with E-state index in [4.69, 9.17) is 4.74 Å². The summed E-state index contributed by atoms with van der Waals surface area (Å²) in [5.41, 5.74) is 0.714. The Hall–Kier alpha value is -4.14. The molecule has 166 valence electrons. The van der Waals surface area contributed by atoms with E-state index in [2.05, 4.69) is 15.6 Å². The molecule has 0 spiro atoms. The molecule has 2 aromatic carbocycles. The number of anilines is 1. The van der Waals surface area contributed by atoms with E-state index in [9.17, 15) is 19.2 Å². The topological polar surface area (TPSA) is 121 Å². The number of hydrogen-bond donors (Lipinski definition) is 3. The molecule has 0 aliphatic carbocycles. The first-order valence-electron chi connectivity index (χ1n) is 10.00. The number of urea groups is 1. The van der Waals surface area contributed by atoms with Gasteiger partial charge >= 0.3 is 12.0 Å². The van der Waals surface area contributed by atoms with Gasteiger partial charge in [-0.2, -0.15) is 0 Å². The Morgan fingerprint density at radius 3 is 2.44 bits per heavy atom. The summed E-state index contributed by atoms with van der Waals surface area (Å²) in [6, 6.07) is 12.9. The number of hydrogen-bond acceptors (Lipinski definition) is 5. The van der Waals surface area contributed by atoms with Crippen LogP contribution in [0, 0.1) is 0 Å². The molecule has 0 saturated carbocycles. The lowest BCUT2D eigenvalue weighted by Crippen LogP contribution is -2.40. The molecule has 3 rings (SSSR count). The summed E-state index contributed by atoms with van der Waals surface area (Å²) < 4.78 is 5.20. The zero-order chi connectivity index (χ0) is 23.3. The van der Waals surface area contributed by atoms with Crippen LogP contribution in [0.1, 0.15) is 24.2 Å². The number of carbonyl (C=O) groups excluding carboxylic acids is 3. The minimum Gasteiger partial charge on any atom is -0.425 e. The van der Waals surface area contributed by atoms with Crippen molar-refractivity contribution in [1.29, 1.82) is 0 Å². The van der Waals surface area contributed by atoms with Gasteiger partial charge in [0.25, 0.3) is 5.91 Å². The highest BCUT2D eigenvalue weighted by molar-refractivity contribution is 5.98. The van der Waals surface area contributed by atoms with Crippen molar-refractivity contribution in [2.75, 3.05) is 18.5 Å². The fraction of sp³-hybridized carbons (Fsp3) is 0.217. The van der Waals surface area contributed by atoms with Crippen molar-refractivity contribution in [1.82, 2.24) is 15.6 Å². The molecule has 0 aliphatic rings. The van der Waals surface area contributed by atoms with Crippen LogP contribution < -0.4 is 25.7 Å². The number of H-pyrrole nitrogens is 1. The number of pyridine rings is 1. The molecule has 0 bridgehead atoms. The van der Waals surface area contributed by atoms with Crippen molar-refractivity contribution in [2.45, 2.75) is 19.9 Å². The monoisotopic (exact) mass is 436 g/mol. The number of ether oxygens (including phenoxy) is 1. The van der Waals surface area contributed by atoms with Crippen molar-refractivity contribution >= 4 is 34.5 Å². The van der Waals surface area contributed by atoms with Crippen LogP contribution in [0.2, 0.25) is 0 Å². The van der Waals surface area contributed by atoms with Crippen LogP contribution in [0.4, 0.5) is 10.5 Å². The molecule has 3 aromatic rings. The van der Waals surface area contributed by atoms with Gasteiger partial charge in [-0.05, 0) is 50.2 Å². The van der Waals surface area contributed by atoms with Gasteiger partial charge in [-0.25, -0.2) is 9.59 Å². The number of rotatable bonds is 6. The van der Waals surface area contributed by atoms with Crippen LogP contribution in [0.25, 0.3) is 10.9 Å². The Bertz CT molecular complexity index is 1200. The van der Waals surface area contributed by atoms with Crippen molar-refractivity contribution in [3.05, 3.63) is 70.5 Å². The quantitative estimate of drug-likeness (QED) is 0.405. The Morgan fingerprint density at radius 1 is 1.06 bits per heavy atom. The van der Waals surface area contributed by atoms with Gasteiger partial charge in [0.05, 0.1) is 0 Å². The number of nitrogens with zero attached hydrogens (tertiary/aromatic N) is 1. The van der Waals surface area contributed by atoms with E-state index in [1.165, 1.54) is 11.1 Å². The Labute approximate surface area is 184 Å². The molecule has 0 aliphatic heterocycles. The van der Waals surface area contributed by atoms with E-state index in [1.54, 1.807) is 55.6 Å². The molecule has 1 aromatic heterocycles. The molecule has 0 unspecified atom stereocenters. The lowest BCUT2D eigenvalue weighted by atomic mass is 10.1. The number of fused-ring (bicyclic) bond motifs is 1. The number of aromatic nitrogens is 1. The fourth-order valence-corrected chi connectivity index (χ4v) is 2.95. The lowest BCUT2D eigenvalue weighted by Gasteiger charge is -2.20. The van der Waals surface area contributed by atoms with Gasteiger partial charge in [-0.15, -0.1) is 0 Å². The molecule has 3 amide bonds. The van der Waals surface area contributed by atoms with E-state index < -0.39 is 23.9 Å². The summed E-state index contributed by atoms with van der Waals surface area (Å²) in [4.78, 5) is 53.3. The first-order chi connectivity index (χ1) is 15.3. The molecule has 9 heteroatoms. The van der Waals surface area contributed by atoms with Crippen molar-refractivity contribution in [3.8, 4) is 5.75 Å². The standard InChI is InChI=1S/C23H24N4O5/c1-14(2)26-23(31)27(3)15-8-10-16(11-9-15)32-20(28)13-25-22(30)18-12-24-19-7-5-4-6-17(19)21(18)29/h4-12,14H,13H2,1-3H3,(H,24,29)(H,25,30)(H,26,31). The normalized spacial score (nSPS) is 10.6. The summed E-state index contributed by atoms with van der Waals surface area (Å²) in [5, 5.41) is 5.56. The molecular weight excluding hydrogens is 412 g/mol. The molecule has 32 heavy (non-hydrogen) atoms. The smallest absolute Gasteiger partial charge is 0.330 e. The molecular formula is C23H24N4O5.